The number of anilines is 1. The number of imidazole rings is 1. The van der Waals surface area contributed by atoms with Gasteiger partial charge in [0, 0.05) is 21.6 Å². The van der Waals surface area contributed by atoms with E-state index in [4.69, 9.17) is 10.7 Å². The van der Waals surface area contributed by atoms with E-state index in [1.165, 1.54) is 3.57 Å². The zero-order chi connectivity index (χ0) is 13.3. The third-order valence-electron chi connectivity index (χ3n) is 2.99. The molecule has 0 unspecified atom stereocenters. The SMILES string of the molecule is CCn1c(C(C)C)nc(-c2ccc(I)cc2)c1N. The van der Waals surface area contributed by atoms with E-state index in [0.29, 0.717) is 5.92 Å². The fourth-order valence-corrected chi connectivity index (χ4v) is 2.44. The molecule has 0 bridgehead atoms. The van der Waals surface area contributed by atoms with Crippen molar-refractivity contribution >= 4 is 28.4 Å². The summed E-state index contributed by atoms with van der Waals surface area (Å²) in [6, 6.07) is 8.31. The minimum Gasteiger partial charge on any atom is -0.383 e. The molecule has 18 heavy (non-hydrogen) atoms. The van der Waals surface area contributed by atoms with Gasteiger partial charge < -0.3 is 10.3 Å². The van der Waals surface area contributed by atoms with Crippen molar-refractivity contribution in [2.45, 2.75) is 33.2 Å². The van der Waals surface area contributed by atoms with Crippen LogP contribution in [-0.2, 0) is 6.54 Å². The van der Waals surface area contributed by atoms with Crippen molar-refractivity contribution in [1.82, 2.24) is 9.55 Å². The standard InChI is InChI=1S/C14H18IN3/c1-4-18-13(16)12(17-14(18)9(2)3)10-5-7-11(15)8-6-10/h5-9H,4,16H2,1-3H3. The van der Waals surface area contributed by atoms with Gasteiger partial charge in [-0.3, -0.25) is 0 Å². The van der Waals surface area contributed by atoms with Gasteiger partial charge in [-0.15, -0.1) is 0 Å². The summed E-state index contributed by atoms with van der Waals surface area (Å²) < 4.78 is 3.31. The summed E-state index contributed by atoms with van der Waals surface area (Å²) in [5.74, 6) is 2.20. The molecule has 0 fully saturated rings. The van der Waals surface area contributed by atoms with Crippen LogP contribution in [0.4, 0.5) is 5.82 Å². The highest BCUT2D eigenvalue weighted by molar-refractivity contribution is 14.1. The Bertz CT molecular complexity index is 541. The Morgan fingerprint density at radius 1 is 1.28 bits per heavy atom. The largest absolute Gasteiger partial charge is 0.383 e. The minimum absolute atomic E-state index is 0.379. The maximum atomic E-state index is 6.22. The monoisotopic (exact) mass is 355 g/mol. The Hall–Kier alpha value is -1.04. The summed E-state index contributed by atoms with van der Waals surface area (Å²) in [5.41, 5.74) is 8.21. The predicted molar refractivity (Wildman–Crippen MR) is 84.6 cm³/mol. The molecule has 4 heteroatoms. The van der Waals surface area contributed by atoms with Crippen LogP contribution in [-0.4, -0.2) is 9.55 Å². The van der Waals surface area contributed by atoms with Crippen molar-refractivity contribution in [3.63, 3.8) is 0 Å². The molecule has 0 saturated carbocycles. The van der Waals surface area contributed by atoms with Crippen LogP contribution in [0.1, 0.15) is 32.5 Å². The van der Waals surface area contributed by atoms with Crippen LogP contribution in [0.2, 0.25) is 0 Å². The van der Waals surface area contributed by atoms with Gasteiger partial charge >= 0.3 is 0 Å². The van der Waals surface area contributed by atoms with Crippen LogP contribution in [0, 0.1) is 3.57 Å². The van der Waals surface area contributed by atoms with Crippen LogP contribution in [0.15, 0.2) is 24.3 Å². The Labute approximate surface area is 122 Å². The second kappa shape index (κ2) is 5.30. The maximum absolute atomic E-state index is 6.22. The first-order valence-corrected chi connectivity index (χ1v) is 7.24. The van der Waals surface area contributed by atoms with E-state index in [1.807, 2.05) is 0 Å². The number of rotatable bonds is 3. The number of halogens is 1. The molecular formula is C14H18IN3. The quantitative estimate of drug-likeness (QED) is 0.850. The zero-order valence-corrected chi connectivity index (χ0v) is 13.1. The number of nitrogens with two attached hydrogens (primary N) is 1. The lowest BCUT2D eigenvalue weighted by Gasteiger charge is -2.08. The molecule has 1 heterocycles. The van der Waals surface area contributed by atoms with E-state index in [2.05, 4.69) is 72.2 Å². The number of aromatic nitrogens is 2. The maximum Gasteiger partial charge on any atom is 0.131 e. The summed E-state index contributed by atoms with van der Waals surface area (Å²) in [6.07, 6.45) is 0. The van der Waals surface area contributed by atoms with Crippen molar-refractivity contribution in [2.75, 3.05) is 5.73 Å². The summed E-state index contributed by atoms with van der Waals surface area (Å²) in [6.45, 7) is 7.25. The molecular weight excluding hydrogens is 337 g/mol. The Balaban J connectivity index is 2.55. The molecule has 2 rings (SSSR count). The van der Waals surface area contributed by atoms with Gasteiger partial charge in [0.05, 0.1) is 0 Å². The van der Waals surface area contributed by atoms with Crippen LogP contribution in [0.25, 0.3) is 11.3 Å². The summed E-state index contributed by atoms with van der Waals surface area (Å²) in [4.78, 5) is 4.72. The fourth-order valence-electron chi connectivity index (χ4n) is 2.08. The Morgan fingerprint density at radius 3 is 2.33 bits per heavy atom. The van der Waals surface area contributed by atoms with E-state index in [-0.39, 0.29) is 0 Å². The molecule has 0 amide bonds. The van der Waals surface area contributed by atoms with Crippen LogP contribution >= 0.6 is 22.6 Å². The van der Waals surface area contributed by atoms with Crippen molar-refractivity contribution in [2.24, 2.45) is 0 Å². The molecule has 1 aromatic heterocycles. The Kier molecular flexibility index (Phi) is 3.94. The number of benzene rings is 1. The van der Waals surface area contributed by atoms with Gasteiger partial charge in [0.1, 0.15) is 17.3 Å². The van der Waals surface area contributed by atoms with Gasteiger partial charge in [-0.1, -0.05) is 26.0 Å². The zero-order valence-electron chi connectivity index (χ0n) is 10.9. The highest BCUT2D eigenvalue weighted by atomic mass is 127. The van der Waals surface area contributed by atoms with E-state index in [1.54, 1.807) is 0 Å². The molecule has 1 aromatic carbocycles. The number of nitrogen functional groups attached to an aromatic ring is 1. The molecule has 0 aliphatic rings. The third kappa shape index (κ3) is 2.39. The summed E-state index contributed by atoms with van der Waals surface area (Å²) in [7, 11) is 0. The van der Waals surface area contributed by atoms with Crippen LogP contribution in [0.5, 0.6) is 0 Å². The van der Waals surface area contributed by atoms with E-state index in [0.717, 1.165) is 29.4 Å². The lowest BCUT2D eigenvalue weighted by atomic mass is 10.1. The van der Waals surface area contributed by atoms with Gasteiger partial charge in [0.25, 0.3) is 0 Å². The van der Waals surface area contributed by atoms with Crippen LogP contribution in [0.3, 0.4) is 0 Å². The second-order valence-electron chi connectivity index (χ2n) is 4.61. The predicted octanol–water partition coefficient (Wildman–Crippen LogP) is 3.88. The number of nitrogens with zero attached hydrogens (tertiary/aromatic N) is 2. The lowest BCUT2D eigenvalue weighted by molar-refractivity contribution is 0.658. The van der Waals surface area contributed by atoms with Crippen molar-refractivity contribution < 1.29 is 0 Å². The van der Waals surface area contributed by atoms with Gasteiger partial charge in [-0.25, -0.2) is 4.98 Å². The molecule has 0 aliphatic heterocycles. The van der Waals surface area contributed by atoms with Gasteiger partial charge in [0.2, 0.25) is 0 Å². The molecule has 0 saturated heterocycles. The smallest absolute Gasteiger partial charge is 0.131 e. The van der Waals surface area contributed by atoms with E-state index >= 15 is 0 Å². The molecule has 0 spiro atoms. The van der Waals surface area contributed by atoms with Crippen LogP contribution < -0.4 is 5.73 Å². The normalized spacial score (nSPS) is 11.2. The summed E-state index contributed by atoms with van der Waals surface area (Å²) >= 11 is 2.30. The topological polar surface area (TPSA) is 43.8 Å². The molecule has 96 valence electrons. The van der Waals surface area contributed by atoms with Crippen molar-refractivity contribution in [3.8, 4) is 11.3 Å². The van der Waals surface area contributed by atoms with Gasteiger partial charge in [-0.05, 0) is 41.6 Å². The lowest BCUT2D eigenvalue weighted by Crippen LogP contribution is -2.06. The highest BCUT2D eigenvalue weighted by Gasteiger charge is 2.16. The molecule has 2 N–H and O–H groups in total. The molecule has 3 nitrogen and oxygen atoms in total. The first-order valence-electron chi connectivity index (χ1n) is 6.16. The molecule has 0 radical (unpaired) electrons. The first-order chi connectivity index (χ1) is 8.54. The Morgan fingerprint density at radius 2 is 1.89 bits per heavy atom. The minimum atomic E-state index is 0.379. The molecule has 2 aromatic rings. The number of hydrogen-bond donors (Lipinski definition) is 1. The molecule has 0 aliphatic carbocycles. The number of hydrogen-bond acceptors (Lipinski definition) is 2. The van der Waals surface area contributed by atoms with Crippen molar-refractivity contribution in [1.29, 1.82) is 0 Å². The fraction of sp³-hybridized carbons (Fsp3) is 0.357. The average Bonchev–Trinajstić information content (AvgIpc) is 2.67. The third-order valence-corrected chi connectivity index (χ3v) is 3.71. The van der Waals surface area contributed by atoms with Crippen molar-refractivity contribution in [3.05, 3.63) is 33.7 Å². The second-order valence-corrected chi connectivity index (χ2v) is 5.86. The van der Waals surface area contributed by atoms with Gasteiger partial charge in [0.15, 0.2) is 0 Å². The summed E-state index contributed by atoms with van der Waals surface area (Å²) in [5, 5.41) is 0. The van der Waals surface area contributed by atoms with E-state index < -0.39 is 0 Å². The van der Waals surface area contributed by atoms with E-state index in [9.17, 15) is 0 Å². The first kappa shape index (κ1) is 13.4. The van der Waals surface area contributed by atoms with Gasteiger partial charge in [-0.2, -0.15) is 0 Å². The highest BCUT2D eigenvalue weighted by Crippen LogP contribution is 2.29. The molecule has 0 atom stereocenters. The average molecular weight is 355 g/mol.